The highest BCUT2D eigenvalue weighted by atomic mass is 35.5. The molecule has 9 nitrogen and oxygen atoms in total. The Bertz CT molecular complexity index is 2240. The van der Waals surface area contributed by atoms with E-state index in [1.165, 1.54) is 24.6 Å². The fraction of sp³-hybridized carbons (Fsp3) is 0.302. The molecule has 0 spiro atoms. The molecule has 3 heterocycles. The second-order valence-electron chi connectivity index (χ2n) is 14.5. The Kier molecular flexibility index (Phi) is 10.9. The number of hydrogen-bond acceptors (Lipinski definition) is 8. The Labute approximate surface area is 325 Å². The molecule has 7 rings (SSSR count). The summed E-state index contributed by atoms with van der Waals surface area (Å²) < 4.78 is 12.7. The molecule has 0 bridgehead atoms. The summed E-state index contributed by atoms with van der Waals surface area (Å²) in [4.78, 5) is 23.0. The number of carbonyl (C=O) groups is 1. The maximum absolute atomic E-state index is 11.8. The highest BCUT2D eigenvalue weighted by Crippen LogP contribution is 2.45. The second kappa shape index (κ2) is 15.8. The summed E-state index contributed by atoms with van der Waals surface area (Å²) in [6.45, 7) is 4.47. The number of benzene rings is 3. The number of halogens is 2. The minimum Gasteiger partial charge on any atom is -0.480 e. The van der Waals surface area contributed by atoms with Crippen molar-refractivity contribution in [2.45, 2.75) is 70.4 Å². The summed E-state index contributed by atoms with van der Waals surface area (Å²) in [6.07, 6.45) is 6.64. The number of carboxylic acids is 1. The number of pyridine rings is 2. The van der Waals surface area contributed by atoms with Gasteiger partial charge in [0.1, 0.15) is 29.3 Å². The van der Waals surface area contributed by atoms with E-state index in [1.807, 2.05) is 6.07 Å². The van der Waals surface area contributed by atoms with Crippen LogP contribution in [-0.4, -0.2) is 45.1 Å². The van der Waals surface area contributed by atoms with Gasteiger partial charge in [-0.05, 0) is 93.1 Å². The standard InChI is InChI=1S/C43H41Cl2N5O4/c1-43(2,42(51)52)48-24-30-20-36(44)41(49-40(30)53-25-27-19-26(21-46)22-47-23-27)54-38-17-16-33-32(8-5-9-34(33)38)35-10-4-7-31(39(35)45)28-12-14-29(15-13-28)37-11-6-18-50(37)3/h4-5,7-10,12-15,19-20,22-23,37-38,48H,6,11,16-18,24-25H2,1-3H3,(H,51,52)/t37?,38-/m0/s1. The lowest BCUT2D eigenvalue weighted by Crippen LogP contribution is -2.46. The number of nitrogens with one attached hydrogen (secondary N) is 1. The van der Waals surface area contributed by atoms with Crippen molar-refractivity contribution in [1.29, 1.82) is 5.26 Å². The van der Waals surface area contributed by atoms with Crippen LogP contribution in [0.25, 0.3) is 22.3 Å². The van der Waals surface area contributed by atoms with Crippen molar-refractivity contribution in [3.63, 3.8) is 0 Å². The molecular weight excluding hydrogens is 721 g/mol. The Morgan fingerprint density at radius 3 is 2.52 bits per heavy atom. The lowest BCUT2D eigenvalue weighted by atomic mass is 9.93. The van der Waals surface area contributed by atoms with Gasteiger partial charge in [-0.2, -0.15) is 10.2 Å². The van der Waals surface area contributed by atoms with Crippen molar-refractivity contribution in [2.75, 3.05) is 13.6 Å². The fourth-order valence-corrected chi connectivity index (χ4v) is 7.86. The maximum atomic E-state index is 11.8. The largest absolute Gasteiger partial charge is 0.480 e. The van der Waals surface area contributed by atoms with Crippen LogP contribution < -0.4 is 14.8 Å². The molecule has 54 heavy (non-hydrogen) atoms. The van der Waals surface area contributed by atoms with E-state index in [-0.39, 0.29) is 36.0 Å². The number of aromatic nitrogens is 2. The molecule has 1 aliphatic heterocycles. The van der Waals surface area contributed by atoms with Crippen LogP contribution in [0.1, 0.15) is 78.6 Å². The number of hydrogen-bond donors (Lipinski definition) is 2. The van der Waals surface area contributed by atoms with Crippen molar-refractivity contribution in [2.24, 2.45) is 0 Å². The quantitative estimate of drug-likeness (QED) is 0.128. The molecule has 11 heteroatoms. The number of likely N-dealkylation sites (tertiary alicyclic amines) is 1. The molecule has 1 saturated heterocycles. The monoisotopic (exact) mass is 761 g/mol. The van der Waals surface area contributed by atoms with E-state index >= 15 is 0 Å². The lowest BCUT2D eigenvalue weighted by molar-refractivity contribution is -0.143. The number of ether oxygens (including phenoxy) is 2. The summed E-state index contributed by atoms with van der Waals surface area (Å²) in [5.74, 6) is -0.575. The molecule has 2 aromatic heterocycles. The van der Waals surface area contributed by atoms with E-state index in [2.05, 4.69) is 82.9 Å². The van der Waals surface area contributed by atoms with Crippen LogP contribution in [0.3, 0.4) is 0 Å². The Morgan fingerprint density at radius 2 is 1.78 bits per heavy atom. The van der Waals surface area contributed by atoms with Gasteiger partial charge in [-0.25, -0.2) is 0 Å². The first-order valence-corrected chi connectivity index (χ1v) is 18.8. The zero-order chi connectivity index (χ0) is 38.0. The van der Waals surface area contributed by atoms with Gasteiger partial charge in [0.25, 0.3) is 0 Å². The molecule has 2 N–H and O–H groups in total. The number of nitriles is 1. The highest BCUT2D eigenvalue weighted by molar-refractivity contribution is 6.36. The predicted molar refractivity (Wildman–Crippen MR) is 210 cm³/mol. The topological polar surface area (TPSA) is 121 Å². The van der Waals surface area contributed by atoms with E-state index in [9.17, 15) is 15.2 Å². The number of rotatable bonds is 12. The van der Waals surface area contributed by atoms with E-state index in [0.717, 1.165) is 46.3 Å². The third-order valence-corrected chi connectivity index (χ3v) is 11.1. The molecule has 5 aromatic rings. The lowest BCUT2D eigenvalue weighted by Gasteiger charge is -2.23. The summed E-state index contributed by atoms with van der Waals surface area (Å²) in [7, 11) is 2.19. The van der Waals surface area contributed by atoms with Gasteiger partial charge < -0.3 is 14.6 Å². The van der Waals surface area contributed by atoms with Gasteiger partial charge in [0, 0.05) is 47.2 Å². The van der Waals surface area contributed by atoms with Gasteiger partial charge >= 0.3 is 5.97 Å². The van der Waals surface area contributed by atoms with Gasteiger partial charge in [-0.15, -0.1) is 0 Å². The number of fused-ring (bicyclic) bond motifs is 1. The molecule has 2 aliphatic rings. The van der Waals surface area contributed by atoms with Crippen molar-refractivity contribution in [3.8, 4) is 40.1 Å². The number of nitrogens with zero attached hydrogens (tertiary/aromatic N) is 4. The molecule has 0 amide bonds. The van der Waals surface area contributed by atoms with Crippen LogP contribution in [0, 0.1) is 11.3 Å². The van der Waals surface area contributed by atoms with Gasteiger partial charge in [0.15, 0.2) is 0 Å². The molecule has 1 unspecified atom stereocenters. The third-order valence-electron chi connectivity index (χ3n) is 10.4. The van der Waals surface area contributed by atoms with Gasteiger partial charge in [0.05, 0.1) is 10.6 Å². The van der Waals surface area contributed by atoms with Crippen molar-refractivity contribution >= 4 is 29.2 Å². The molecule has 0 saturated carbocycles. The average molecular weight is 763 g/mol. The minimum absolute atomic E-state index is 0.0728. The van der Waals surface area contributed by atoms with Crippen LogP contribution in [0.4, 0.5) is 0 Å². The Morgan fingerprint density at radius 1 is 1.02 bits per heavy atom. The van der Waals surface area contributed by atoms with E-state index in [0.29, 0.717) is 34.2 Å². The molecular formula is C43H41Cl2N5O4. The Balaban J connectivity index is 1.15. The predicted octanol–water partition coefficient (Wildman–Crippen LogP) is 9.35. The first kappa shape index (κ1) is 37.3. The van der Waals surface area contributed by atoms with Crippen molar-refractivity contribution < 1.29 is 19.4 Å². The zero-order valence-electron chi connectivity index (χ0n) is 30.4. The van der Waals surface area contributed by atoms with E-state index in [4.69, 9.17) is 37.7 Å². The normalized spacial score (nSPS) is 16.9. The first-order chi connectivity index (χ1) is 26.0. The van der Waals surface area contributed by atoms with Gasteiger partial charge in [-0.3, -0.25) is 20.0 Å². The van der Waals surface area contributed by atoms with Gasteiger partial charge in [-0.1, -0.05) is 83.9 Å². The van der Waals surface area contributed by atoms with Crippen LogP contribution in [-0.2, 0) is 24.4 Å². The van der Waals surface area contributed by atoms with Crippen LogP contribution >= 0.6 is 23.2 Å². The van der Waals surface area contributed by atoms with Crippen LogP contribution in [0.2, 0.25) is 10.0 Å². The molecule has 276 valence electrons. The molecule has 0 radical (unpaired) electrons. The van der Waals surface area contributed by atoms with Crippen LogP contribution in [0.15, 0.2) is 85.2 Å². The molecule has 3 aromatic carbocycles. The van der Waals surface area contributed by atoms with E-state index in [1.54, 1.807) is 32.2 Å². The fourth-order valence-electron chi connectivity index (χ4n) is 7.30. The van der Waals surface area contributed by atoms with Crippen LogP contribution in [0.5, 0.6) is 11.8 Å². The highest BCUT2D eigenvalue weighted by Gasteiger charge is 2.30. The second-order valence-corrected chi connectivity index (χ2v) is 15.2. The molecule has 1 aliphatic carbocycles. The Hall–Kier alpha value is -4.98. The smallest absolute Gasteiger partial charge is 0.323 e. The summed E-state index contributed by atoms with van der Waals surface area (Å²) in [5.41, 5.74) is 8.05. The van der Waals surface area contributed by atoms with Crippen molar-refractivity contribution in [3.05, 3.63) is 129 Å². The maximum Gasteiger partial charge on any atom is 0.323 e. The summed E-state index contributed by atoms with van der Waals surface area (Å²) in [5, 5.41) is 23.0. The zero-order valence-corrected chi connectivity index (χ0v) is 31.9. The van der Waals surface area contributed by atoms with Crippen molar-refractivity contribution in [1.82, 2.24) is 20.2 Å². The number of carboxylic acid groups (broad SMARTS) is 1. The first-order valence-electron chi connectivity index (χ1n) is 18.0. The average Bonchev–Trinajstić information content (AvgIpc) is 3.80. The molecule has 1 fully saturated rings. The SMILES string of the molecule is CN1CCCC1c1ccc(-c2cccc(-c3cccc4c3CC[C@@H]4Oc3nc(OCc4cncc(C#N)c4)c(CNC(C)(C)C(=O)O)cc3Cl)c2Cl)cc1. The third kappa shape index (κ3) is 7.80. The summed E-state index contributed by atoms with van der Waals surface area (Å²) >= 11 is 14.0. The molecule has 2 atom stereocenters. The number of aliphatic carboxylic acids is 1. The summed E-state index contributed by atoms with van der Waals surface area (Å²) in [6, 6.07) is 27.1. The minimum atomic E-state index is -1.21. The van der Waals surface area contributed by atoms with E-state index < -0.39 is 11.5 Å². The van der Waals surface area contributed by atoms with Gasteiger partial charge in [0.2, 0.25) is 11.8 Å².